The molecule has 1 amide bonds. The zero-order valence-corrected chi connectivity index (χ0v) is 7.58. The molecule has 0 bridgehead atoms. The molecule has 4 nitrogen and oxygen atoms in total. The average Bonchev–Trinajstić information content (AvgIpc) is 2.36. The van der Waals surface area contributed by atoms with Crippen LogP contribution in [-0.2, 0) is 4.79 Å². The molecular weight excluding hydrogens is 156 g/mol. The van der Waals surface area contributed by atoms with Crippen LogP contribution in [0.3, 0.4) is 0 Å². The topological polar surface area (TPSA) is 52.6 Å². The summed E-state index contributed by atoms with van der Waals surface area (Å²) in [5.41, 5.74) is 0. The van der Waals surface area contributed by atoms with Crippen molar-refractivity contribution in [2.45, 2.75) is 12.5 Å². The maximum absolute atomic E-state index is 11.2. The lowest BCUT2D eigenvalue weighted by Crippen LogP contribution is -2.28. The van der Waals surface area contributed by atoms with Crippen LogP contribution in [-0.4, -0.2) is 49.2 Å². The molecule has 1 heterocycles. The van der Waals surface area contributed by atoms with Crippen molar-refractivity contribution in [3.63, 3.8) is 0 Å². The van der Waals surface area contributed by atoms with Gasteiger partial charge >= 0.3 is 0 Å². The van der Waals surface area contributed by atoms with Gasteiger partial charge in [-0.05, 0) is 0 Å². The molecule has 4 heteroatoms. The van der Waals surface area contributed by atoms with Crippen LogP contribution in [0.25, 0.3) is 0 Å². The molecule has 0 radical (unpaired) electrons. The Morgan fingerprint density at radius 1 is 1.58 bits per heavy atom. The fourth-order valence-corrected chi connectivity index (χ4v) is 1.33. The summed E-state index contributed by atoms with van der Waals surface area (Å²) in [6, 6.07) is 0. The number of hydrogen-bond acceptors (Lipinski definition) is 3. The second kappa shape index (κ2) is 3.87. The highest BCUT2D eigenvalue weighted by molar-refractivity contribution is 5.75. The molecule has 0 aliphatic carbocycles. The molecule has 1 aliphatic heterocycles. The molecule has 2 atom stereocenters. The monoisotopic (exact) mass is 172 g/mol. The Bertz CT molecular complexity index is 170. The molecule has 1 saturated heterocycles. The first-order valence-corrected chi connectivity index (χ1v) is 4.20. The third-order valence-corrected chi connectivity index (χ3v) is 2.24. The summed E-state index contributed by atoms with van der Waals surface area (Å²) >= 11 is 0. The number of amides is 1. The number of carbonyl (C=O) groups is 1. The normalized spacial score (nSPS) is 28.9. The summed E-state index contributed by atoms with van der Waals surface area (Å²) in [6.45, 7) is 1.37. The Balaban J connectivity index is 2.35. The van der Waals surface area contributed by atoms with Gasteiger partial charge in [-0.15, -0.1) is 0 Å². The van der Waals surface area contributed by atoms with E-state index in [2.05, 4.69) is 5.32 Å². The minimum atomic E-state index is -0.353. The van der Waals surface area contributed by atoms with Crippen molar-refractivity contribution in [3.8, 4) is 0 Å². The van der Waals surface area contributed by atoms with E-state index in [1.165, 1.54) is 0 Å². The van der Waals surface area contributed by atoms with Crippen LogP contribution in [0.1, 0.15) is 6.42 Å². The second-order valence-corrected chi connectivity index (χ2v) is 3.48. The number of rotatable bonds is 2. The predicted octanol–water partition coefficient (Wildman–Crippen LogP) is -0.955. The molecule has 2 N–H and O–H groups in total. The number of aliphatic hydroxyl groups excluding tert-OH is 1. The molecule has 70 valence electrons. The van der Waals surface area contributed by atoms with E-state index in [0.717, 1.165) is 6.54 Å². The van der Waals surface area contributed by atoms with Gasteiger partial charge in [-0.2, -0.15) is 0 Å². The third-order valence-electron chi connectivity index (χ3n) is 2.24. The van der Waals surface area contributed by atoms with E-state index < -0.39 is 0 Å². The number of nitrogens with zero attached hydrogens (tertiary/aromatic N) is 1. The lowest BCUT2D eigenvalue weighted by atomic mass is 10.0. The second-order valence-electron chi connectivity index (χ2n) is 3.48. The van der Waals surface area contributed by atoms with Crippen LogP contribution < -0.4 is 5.32 Å². The van der Waals surface area contributed by atoms with Gasteiger partial charge < -0.3 is 15.3 Å². The first-order chi connectivity index (χ1) is 5.61. The molecule has 0 saturated carbocycles. The van der Waals surface area contributed by atoms with Gasteiger partial charge in [0.2, 0.25) is 5.91 Å². The first-order valence-electron chi connectivity index (χ1n) is 4.20. The summed E-state index contributed by atoms with van der Waals surface area (Å²) in [5, 5.41) is 12.4. The van der Waals surface area contributed by atoms with Gasteiger partial charge in [-0.1, -0.05) is 0 Å². The Morgan fingerprint density at radius 2 is 2.25 bits per heavy atom. The largest absolute Gasteiger partial charge is 0.391 e. The summed E-state index contributed by atoms with van der Waals surface area (Å²) in [4.78, 5) is 12.8. The van der Waals surface area contributed by atoms with E-state index >= 15 is 0 Å². The Kier molecular flexibility index (Phi) is 3.05. The van der Waals surface area contributed by atoms with Gasteiger partial charge in [0.05, 0.1) is 6.10 Å². The number of β-amino-alcohol motifs (C(OH)–C–C–N with tert-alkyl or cyclic N) is 1. The van der Waals surface area contributed by atoms with Crippen LogP contribution in [0.5, 0.6) is 0 Å². The lowest BCUT2D eigenvalue weighted by Gasteiger charge is -2.15. The molecular formula is C8H16N2O2. The van der Waals surface area contributed by atoms with Crippen molar-refractivity contribution in [1.29, 1.82) is 0 Å². The number of hydrogen-bond donors (Lipinski definition) is 2. The molecule has 1 aliphatic rings. The zero-order valence-electron chi connectivity index (χ0n) is 7.58. The van der Waals surface area contributed by atoms with E-state index in [0.29, 0.717) is 13.0 Å². The quantitative estimate of drug-likeness (QED) is 0.564. The van der Waals surface area contributed by atoms with E-state index in [1.807, 2.05) is 0 Å². The maximum atomic E-state index is 11.2. The van der Waals surface area contributed by atoms with Crippen molar-refractivity contribution in [3.05, 3.63) is 0 Å². The summed E-state index contributed by atoms with van der Waals surface area (Å²) in [5.74, 6) is 0.183. The third kappa shape index (κ3) is 2.19. The van der Waals surface area contributed by atoms with Gasteiger partial charge in [0.15, 0.2) is 0 Å². The predicted molar refractivity (Wildman–Crippen MR) is 45.7 cm³/mol. The minimum Gasteiger partial charge on any atom is -0.391 e. The highest BCUT2D eigenvalue weighted by atomic mass is 16.3. The van der Waals surface area contributed by atoms with Crippen molar-refractivity contribution in [2.24, 2.45) is 5.92 Å². The SMILES string of the molecule is CN(C)C(=O)C[C@H]1CNC[C@@H]1O. The van der Waals surface area contributed by atoms with Gasteiger partial charge in [0.1, 0.15) is 0 Å². The van der Waals surface area contributed by atoms with Crippen molar-refractivity contribution < 1.29 is 9.90 Å². The standard InChI is InChI=1S/C8H16N2O2/c1-10(2)8(12)3-6-4-9-5-7(6)11/h6-7,9,11H,3-5H2,1-2H3/t6-,7-/m0/s1. The van der Waals surface area contributed by atoms with Crippen molar-refractivity contribution >= 4 is 5.91 Å². The fourth-order valence-electron chi connectivity index (χ4n) is 1.33. The van der Waals surface area contributed by atoms with Crippen LogP contribution >= 0.6 is 0 Å². The fraction of sp³-hybridized carbons (Fsp3) is 0.875. The van der Waals surface area contributed by atoms with Crippen LogP contribution in [0.4, 0.5) is 0 Å². The number of aliphatic hydroxyl groups is 1. The van der Waals surface area contributed by atoms with E-state index in [9.17, 15) is 9.90 Å². The van der Waals surface area contributed by atoms with Crippen LogP contribution in [0.2, 0.25) is 0 Å². The molecule has 0 unspecified atom stereocenters. The van der Waals surface area contributed by atoms with Gasteiger partial charge in [0, 0.05) is 39.5 Å². The molecule has 0 spiro atoms. The number of carbonyl (C=O) groups excluding carboxylic acids is 1. The lowest BCUT2D eigenvalue weighted by molar-refractivity contribution is -0.130. The van der Waals surface area contributed by atoms with Gasteiger partial charge in [-0.3, -0.25) is 4.79 Å². The highest BCUT2D eigenvalue weighted by Crippen LogP contribution is 2.13. The Labute approximate surface area is 72.6 Å². The minimum absolute atomic E-state index is 0.0859. The van der Waals surface area contributed by atoms with E-state index in [-0.39, 0.29) is 17.9 Å². The molecule has 0 aromatic rings. The Morgan fingerprint density at radius 3 is 2.67 bits per heavy atom. The van der Waals surface area contributed by atoms with E-state index in [1.54, 1.807) is 19.0 Å². The van der Waals surface area contributed by atoms with Gasteiger partial charge in [0.25, 0.3) is 0 Å². The summed E-state index contributed by atoms with van der Waals surface area (Å²) in [6.07, 6.45) is 0.0927. The molecule has 0 aromatic heterocycles. The maximum Gasteiger partial charge on any atom is 0.222 e. The zero-order chi connectivity index (χ0) is 9.14. The molecule has 1 fully saturated rings. The van der Waals surface area contributed by atoms with Crippen molar-refractivity contribution in [2.75, 3.05) is 27.2 Å². The van der Waals surface area contributed by atoms with Crippen LogP contribution in [0, 0.1) is 5.92 Å². The molecule has 12 heavy (non-hydrogen) atoms. The molecule has 0 aromatic carbocycles. The van der Waals surface area contributed by atoms with Crippen molar-refractivity contribution in [1.82, 2.24) is 10.2 Å². The van der Waals surface area contributed by atoms with Crippen LogP contribution in [0.15, 0.2) is 0 Å². The summed E-state index contributed by atoms with van der Waals surface area (Å²) in [7, 11) is 3.47. The van der Waals surface area contributed by atoms with Gasteiger partial charge in [-0.25, -0.2) is 0 Å². The number of nitrogens with one attached hydrogen (secondary N) is 1. The van der Waals surface area contributed by atoms with E-state index in [4.69, 9.17) is 0 Å². The molecule has 1 rings (SSSR count). The summed E-state index contributed by atoms with van der Waals surface area (Å²) < 4.78 is 0. The first kappa shape index (κ1) is 9.48. The smallest absolute Gasteiger partial charge is 0.222 e. The highest BCUT2D eigenvalue weighted by Gasteiger charge is 2.27. The Hall–Kier alpha value is -0.610. The average molecular weight is 172 g/mol.